The summed E-state index contributed by atoms with van der Waals surface area (Å²) < 4.78 is 0. The quantitative estimate of drug-likeness (QED) is 0.770. The third-order valence-corrected chi connectivity index (χ3v) is 4.80. The van der Waals surface area contributed by atoms with E-state index in [1.165, 1.54) is 0 Å². The number of pyridine rings is 1. The Labute approximate surface area is 151 Å². The number of hydrogen-bond donors (Lipinski definition) is 3. The van der Waals surface area contributed by atoms with Gasteiger partial charge in [-0.15, -0.1) is 0 Å². The molecule has 2 heterocycles. The number of aromatic amines is 1. The largest absolute Gasteiger partial charge is 0.352 e. The van der Waals surface area contributed by atoms with Gasteiger partial charge in [-0.05, 0) is 51.7 Å². The molecule has 0 aromatic carbocycles. The summed E-state index contributed by atoms with van der Waals surface area (Å²) in [6, 6.07) is 5.68. The van der Waals surface area contributed by atoms with Crippen molar-refractivity contribution in [3.8, 4) is 6.07 Å². The minimum atomic E-state index is -1.03. The zero-order valence-corrected chi connectivity index (χ0v) is 14.9. The fourth-order valence-electron chi connectivity index (χ4n) is 3.08. The molecule has 26 heavy (non-hydrogen) atoms. The van der Waals surface area contributed by atoms with Crippen molar-refractivity contribution in [2.24, 2.45) is 5.41 Å². The highest BCUT2D eigenvalue weighted by Crippen LogP contribution is 2.22. The first-order valence-corrected chi connectivity index (χ1v) is 8.73. The van der Waals surface area contributed by atoms with E-state index < -0.39 is 5.41 Å². The number of hydrogen-bond acceptors (Lipinski definition) is 5. The Bertz CT molecular complexity index is 858. The molecule has 1 fully saturated rings. The number of H-pyrrole nitrogens is 1. The van der Waals surface area contributed by atoms with E-state index in [2.05, 4.69) is 25.8 Å². The molecule has 0 saturated heterocycles. The van der Waals surface area contributed by atoms with E-state index in [0.717, 1.165) is 25.7 Å². The van der Waals surface area contributed by atoms with Crippen molar-refractivity contribution in [1.82, 2.24) is 25.8 Å². The number of aromatic nitrogens is 3. The van der Waals surface area contributed by atoms with Gasteiger partial charge >= 0.3 is 0 Å². The molecule has 136 valence electrons. The Morgan fingerprint density at radius 1 is 1.23 bits per heavy atom. The molecule has 8 nitrogen and oxygen atoms in total. The van der Waals surface area contributed by atoms with Crippen LogP contribution in [0.3, 0.4) is 0 Å². The van der Waals surface area contributed by atoms with Gasteiger partial charge in [-0.25, -0.2) is 4.98 Å². The van der Waals surface area contributed by atoms with Crippen LogP contribution in [0.25, 0.3) is 11.0 Å². The van der Waals surface area contributed by atoms with Gasteiger partial charge in [-0.2, -0.15) is 10.4 Å². The molecule has 1 aliphatic carbocycles. The Kier molecular flexibility index (Phi) is 4.89. The number of rotatable bonds is 4. The van der Waals surface area contributed by atoms with E-state index in [-0.39, 0.29) is 23.9 Å². The molecule has 2 aromatic rings. The van der Waals surface area contributed by atoms with Crippen LogP contribution in [0.5, 0.6) is 0 Å². The number of nitriles is 1. The third kappa shape index (κ3) is 3.67. The van der Waals surface area contributed by atoms with Crippen LogP contribution in [0.15, 0.2) is 18.3 Å². The van der Waals surface area contributed by atoms with Crippen molar-refractivity contribution in [2.75, 3.05) is 0 Å². The van der Waals surface area contributed by atoms with E-state index in [9.17, 15) is 9.59 Å². The van der Waals surface area contributed by atoms with Gasteiger partial charge in [0.2, 0.25) is 5.91 Å². The molecule has 2 aromatic heterocycles. The van der Waals surface area contributed by atoms with Crippen molar-refractivity contribution in [3.63, 3.8) is 0 Å². The summed E-state index contributed by atoms with van der Waals surface area (Å²) in [5.74, 6) is -0.442. The van der Waals surface area contributed by atoms with Crippen LogP contribution in [-0.2, 0) is 4.79 Å². The number of amides is 2. The van der Waals surface area contributed by atoms with E-state index >= 15 is 0 Å². The van der Waals surface area contributed by atoms with Crippen LogP contribution in [0.2, 0.25) is 0 Å². The Morgan fingerprint density at radius 3 is 2.54 bits per heavy atom. The van der Waals surface area contributed by atoms with Crippen LogP contribution in [-0.4, -0.2) is 39.1 Å². The maximum atomic E-state index is 12.5. The molecule has 0 atom stereocenters. The van der Waals surface area contributed by atoms with Crippen molar-refractivity contribution in [2.45, 2.75) is 51.6 Å². The number of fused-ring (bicyclic) bond motifs is 1. The van der Waals surface area contributed by atoms with Crippen molar-refractivity contribution in [3.05, 3.63) is 24.0 Å². The van der Waals surface area contributed by atoms with Crippen LogP contribution in [0, 0.1) is 16.7 Å². The summed E-state index contributed by atoms with van der Waals surface area (Å²) in [5, 5.41) is 22.5. The molecule has 3 rings (SSSR count). The summed E-state index contributed by atoms with van der Waals surface area (Å²) in [7, 11) is 0. The molecule has 0 radical (unpaired) electrons. The van der Waals surface area contributed by atoms with Gasteiger partial charge in [0.05, 0.1) is 11.5 Å². The minimum absolute atomic E-state index is 0.0421. The van der Waals surface area contributed by atoms with E-state index in [1.807, 2.05) is 12.1 Å². The molecular weight excluding hydrogens is 332 g/mol. The summed E-state index contributed by atoms with van der Waals surface area (Å²) in [5.41, 5.74) is -0.0932. The van der Waals surface area contributed by atoms with Gasteiger partial charge in [0, 0.05) is 18.3 Å². The molecule has 1 aliphatic rings. The topological polar surface area (TPSA) is 124 Å². The minimum Gasteiger partial charge on any atom is -0.352 e. The zero-order valence-electron chi connectivity index (χ0n) is 14.9. The second kappa shape index (κ2) is 7.12. The molecule has 0 spiro atoms. The third-order valence-electron chi connectivity index (χ3n) is 4.80. The van der Waals surface area contributed by atoms with Gasteiger partial charge in [-0.3, -0.25) is 14.7 Å². The van der Waals surface area contributed by atoms with E-state index in [0.29, 0.717) is 16.7 Å². The van der Waals surface area contributed by atoms with Crippen LogP contribution in [0.4, 0.5) is 0 Å². The lowest BCUT2D eigenvalue weighted by Crippen LogP contribution is -2.47. The molecule has 0 aliphatic heterocycles. The normalized spacial score (nSPS) is 20.3. The highest BCUT2D eigenvalue weighted by Gasteiger charge is 2.31. The predicted molar refractivity (Wildman–Crippen MR) is 94.9 cm³/mol. The number of nitrogens with zero attached hydrogens (tertiary/aromatic N) is 3. The first kappa shape index (κ1) is 17.9. The van der Waals surface area contributed by atoms with E-state index in [1.54, 1.807) is 26.1 Å². The van der Waals surface area contributed by atoms with Crippen molar-refractivity contribution in [1.29, 1.82) is 5.26 Å². The van der Waals surface area contributed by atoms with Crippen LogP contribution >= 0.6 is 0 Å². The lowest BCUT2D eigenvalue weighted by molar-refractivity contribution is -0.127. The van der Waals surface area contributed by atoms with Gasteiger partial charge in [-0.1, -0.05) is 0 Å². The summed E-state index contributed by atoms with van der Waals surface area (Å²) in [6.07, 6.45) is 4.71. The average molecular weight is 354 g/mol. The smallest absolute Gasteiger partial charge is 0.270 e. The zero-order chi connectivity index (χ0) is 18.7. The molecule has 2 amide bonds. The highest BCUT2D eigenvalue weighted by atomic mass is 16.2. The Hall–Kier alpha value is -2.95. The van der Waals surface area contributed by atoms with Gasteiger partial charge < -0.3 is 10.6 Å². The second-order valence-electron chi connectivity index (χ2n) is 7.21. The van der Waals surface area contributed by atoms with Crippen molar-refractivity contribution >= 4 is 22.8 Å². The monoisotopic (exact) mass is 354 g/mol. The number of carbonyl (C=O) groups excluding carboxylic acids is 2. The van der Waals surface area contributed by atoms with Gasteiger partial charge in [0.1, 0.15) is 11.1 Å². The summed E-state index contributed by atoms with van der Waals surface area (Å²) in [6.45, 7) is 3.22. The van der Waals surface area contributed by atoms with Gasteiger partial charge in [0.15, 0.2) is 5.65 Å². The van der Waals surface area contributed by atoms with Crippen molar-refractivity contribution < 1.29 is 9.59 Å². The van der Waals surface area contributed by atoms with Crippen LogP contribution < -0.4 is 10.6 Å². The molecule has 1 saturated carbocycles. The molecule has 0 unspecified atom stereocenters. The number of carbonyl (C=O) groups is 2. The maximum absolute atomic E-state index is 12.5. The highest BCUT2D eigenvalue weighted by molar-refractivity contribution is 6.03. The fraction of sp³-hybridized carbons (Fsp3) is 0.500. The molecular formula is C18H22N6O2. The number of nitrogens with one attached hydrogen (secondary N) is 3. The maximum Gasteiger partial charge on any atom is 0.270 e. The van der Waals surface area contributed by atoms with E-state index in [4.69, 9.17) is 5.26 Å². The Morgan fingerprint density at radius 2 is 1.88 bits per heavy atom. The first-order valence-electron chi connectivity index (χ1n) is 8.73. The predicted octanol–water partition coefficient (Wildman–Crippen LogP) is 1.66. The molecule has 8 heteroatoms. The lowest BCUT2D eigenvalue weighted by Gasteiger charge is -2.30. The fourth-order valence-corrected chi connectivity index (χ4v) is 3.08. The Balaban J connectivity index is 1.54. The second-order valence-corrected chi connectivity index (χ2v) is 7.21. The van der Waals surface area contributed by atoms with Gasteiger partial charge in [0.25, 0.3) is 5.91 Å². The standard InChI is InChI=1S/C18H22N6O2/c1-18(2,10-19)17(26)22-12-7-5-11(6-8-12)21-16(25)14-13-4-3-9-20-15(13)24-23-14/h3-4,9,11-12H,5-8H2,1-2H3,(H,21,25)(H,22,26)(H,20,23,24). The van der Waals surface area contributed by atoms with Crippen LogP contribution in [0.1, 0.15) is 50.0 Å². The first-order chi connectivity index (χ1) is 12.4. The average Bonchev–Trinajstić information content (AvgIpc) is 3.07. The lowest BCUT2D eigenvalue weighted by atomic mass is 9.89. The summed E-state index contributed by atoms with van der Waals surface area (Å²) >= 11 is 0. The molecule has 0 bridgehead atoms. The molecule has 3 N–H and O–H groups in total. The summed E-state index contributed by atoms with van der Waals surface area (Å²) in [4.78, 5) is 28.7. The SMILES string of the molecule is CC(C)(C#N)C(=O)NC1CCC(NC(=O)c2[nH]nc3ncccc23)CC1.